The number of amides is 2. The molecular weight excluding hydrogens is 801 g/mol. The molecule has 9 heterocycles. The third-order valence-corrected chi connectivity index (χ3v) is 16.8. The van der Waals surface area contributed by atoms with Gasteiger partial charge >= 0.3 is 24.1 Å². The summed E-state index contributed by atoms with van der Waals surface area (Å²) in [6.07, 6.45) is 9.79. The van der Waals surface area contributed by atoms with E-state index in [1.165, 1.54) is 42.7 Å². The Bertz CT molecular complexity index is 2240. The summed E-state index contributed by atoms with van der Waals surface area (Å²) >= 11 is 0. The van der Waals surface area contributed by atoms with E-state index < -0.39 is 69.3 Å². The van der Waals surface area contributed by atoms with E-state index in [-0.39, 0.29) is 38.5 Å². The number of hydrogen-bond acceptors (Lipinski definition) is 14. The molecule has 8 unspecified atom stereocenters. The van der Waals surface area contributed by atoms with Gasteiger partial charge in [0, 0.05) is 73.4 Å². The van der Waals surface area contributed by atoms with Crippen molar-refractivity contribution < 1.29 is 57.1 Å². The highest BCUT2D eigenvalue weighted by molar-refractivity contribution is 6.00. The Kier molecular flexibility index (Phi) is 8.28. The van der Waals surface area contributed by atoms with Gasteiger partial charge in [-0.3, -0.25) is 29.2 Å². The summed E-state index contributed by atoms with van der Waals surface area (Å²) in [5.74, 6) is -1.89. The number of carbonyl (C=O) groups is 4. The summed E-state index contributed by atoms with van der Waals surface area (Å²) in [4.78, 5) is 70.2. The van der Waals surface area contributed by atoms with Gasteiger partial charge in [0.1, 0.15) is 11.1 Å². The minimum atomic E-state index is -1.64. The molecule has 8 atom stereocenters. The fourth-order valence-electron chi connectivity index (χ4n) is 14.2. The third-order valence-electron chi connectivity index (χ3n) is 16.8. The van der Waals surface area contributed by atoms with Crippen LogP contribution in [0, 0.1) is 11.8 Å². The maximum Gasteiger partial charge on any atom is 0.414 e. The number of esters is 2. The maximum absolute atomic E-state index is 16.5. The summed E-state index contributed by atoms with van der Waals surface area (Å²) in [6.45, 7) is 2.24. The summed E-state index contributed by atoms with van der Waals surface area (Å²) in [6, 6.07) is 6.99. The van der Waals surface area contributed by atoms with Gasteiger partial charge in [-0.05, 0) is 50.7 Å². The van der Waals surface area contributed by atoms with Crippen molar-refractivity contribution in [3.8, 4) is 23.0 Å². The van der Waals surface area contributed by atoms with Crippen LogP contribution in [-0.4, -0.2) is 125 Å². The lowest BCUT2D eigenvalue weighted by Crippen LogP contribution is -2.77. The van der Waals surface area contributed by atoms with Gasteiger partial charge in [-0.1, -0.05) is 24.3 Å². The number of rotatable bonds is 4. The van der Waals surface area contributed by atoms with Gasteiger partial charge in [-0.25, -0.2) is 9.59 Å². The lowest BCUT2D eigenvalue weighted by atomic mass is 9.54. The molecule has 8 bridgehead atoms. The second kappa shape index (κ2) is 13.0. The standard InChI is InChI=1S/C46H52N4O12/c1-55-33-21-27-31(23-35(33)57-3)49(39(53)59-5)43-13-11-41-9-7-17-47(41)19-15-45(27,43)61-37(51)30-26-42-10-8-18-48(42)20-16-46(62-38(52)29(43)25-41)28-22-34(56-2)36(58-4)24-32(28)50(40(54)60-6)44(30,46)14-12-42/h7-10,21-24,29-30H,11-20,25-26H2,1-6H3. The number of benzene rings is 2. The number of carbonyl (C=O) groups excluding carboxylic acids is 4. The number of nitrogens with zero attached hydrogens (tertiary/aromatic N) is 4. The van der Waals surface area contributed by atoms with Crippen molar-refractivity contribution in [3.63, 3.8) is 0 Å². The van der Waals surface area contributed by atoms with Gasteiger partial charge in [0.2, 0.25) is 0 Å². The van der Waals surface area contributed by atoms with Crippen LogP contribution in [0.3, 0.4) is 0 Å². The molecule has 62 heavy (non-hydrogen) atoms. The second-order valence-electron chi connectivity index (χ2n) is 18.3. The van der Waals surface area contributed by atoms with Crippen molar-refractivity contribution in [2.75, 3.05) is 78.6 Å². The quantitative estimate of drug-likeness (QED) is 0.225. The number of methoxy groups -OCH3 is 6. The van der Waals surface area contributed by atoms with Gasteiger partial charge in [0.05, 0.1) is 65.9 Å². The van der Waals surface area contributed by atoms with Crippen LogP contribution in [0.4, 0.5) is 21.0 Å². The van der Waals surface area contributed by atoms with Crippen LogP contribution >= 0.6 is 0 Å². The van der Waals surface area contributed by atoms with Crippen molar-refractivity contribution >= 4 is 35.5 Å². The summed E-state index contributed by atoms with van der Waals surface area (Å²) in [5, 5.41) is 0. The normalized spacial score (nSPS) is 36.9. The van der Waals surface area contributed by atoms with E-state index >= 15 is 9.59 Å². The van der Waals surface area contributed by atoms with Crippen molar-refractivity contribution in [1.29, 1.82) is 0 Å². The van der Waals surface area contributed by atoms with E-state index in [0.717, 1.165) is 0 Å². The number of hydrogen-bond donors (Lipinski definition) is 0. The topological polar surface area (TPSA) is 155 Å². The van der Waals surface area contributed by atoms with Gasteiger partial charge in [-0.2, -0.15) is 0 Å². The van der Waals surface area contributed by atoms with Crippen molar-refractivity contribution in [2.45, 2.75) is 84.7 Å². The van der Waals surface area contributed by atoms with E-state index in [4.69, 9.17) is 37.9 Å². The molecule has 2 saturated carbocycles. The molecule has 0 N–H and O–H groups in total. The number of fused-ring (bicyclic) bond motifs is 6. The molecule has 2 aliphatic carbocycles. The number of ether oxygens (including phenoxy) is 8. The van der Waals surface area contributed by atoms with Crippen LogP contribution in [-0.2, 0) is 39.7 Å². The Labute approximate surface area is 359 Å². The average Bonchev–Trinajstić information content (AvgIpc) is 3.97. The highest BCUT2D eigenvalue weighted by Gasteiger charge is 2.80. The fourth-order valence-corrected chi connectivity index (χ4v) is 14.2. The van der Waals surface area contributed by atoms with Gasteiger partial charge in [-0.15, -0.1) is 0 Å². The van der Waals surface area contributed by atoms with E-state index in [1.807, 2.05) is 0 Å². The zero-order chi connectivity index (χ0) is 43.2. The van der Waals surface area contributed by atoms with E-state index in [9.17, 15) is 9.59 Å². The van der Waals surface area contributed by atoms with E-state index in [2.05, 4.69) is 34.1 Å². The molecule has 16 heteroatoms. The Morgan fingerprint density at radius 2 is 0.952 bits per heavy atom. The number of anilines is 2. The van der Waals surface area contributed by atoms with Crippen LogP contribution < -0.4 is 28.7 Å². The van der Waals surface area contributed by atoms with Crippen LogP contribution in [0.1, 0.15) is 62.5 Å². The summed E-state index contributed by atoms with van der Waals surface area (Å²) < 4.78 is 49.7. The Hall–Kier alpha value is -5.48. The first kappa shape index (κ1) is 39.4. The average molecular weight is 853 g/mol. The van der Waals surface area contributed by atoms with Crippen molar-refractivity contribution in [1.82, 2.24) is 9.80 Å². The molecule has 2 aromatic carbocycles. The molecule has 7 fully saturated rings. The first-order valence-corrected chi connectivity index (χ1v) is 21.5. The lowest BCUT2D eigenvalue weighted by molar-refractivity contribution is -0.229. The third kappa shape index (κ3) is 4.39. The second-order valence-corrected chi connectivity index (χ2v) is 18.3. The first-order chi connectivity index (χ1) is 29.9. The molecule has 11 aliphatic rings. The molecule has 0 aromatic heterocycles. The zero-order valence-corrected chi connectivity index (χ0v) is 35.9. The van der Waals surface area contributed by atoms with Crippen molar-refractivity contribution in [2.24, 2.45) is 11.8 Å². The monoisotopic (exact) mass is 852 g/mol. The minimum absolute atomic E-state index is 0.222. The smallest absolute Gasteiger partial charge is 0.414 e. The lowest BCUT2D eigenvalue weighted by Gasteiger charge is -2.64. The molecular formula is C46H52N4O12. The zero-order valence-electron chi connectivity index (χ0n) is 35.9. The minimum Gasteiger partial charge on any atom is -0.493 e. The molecule has 13 rings (SSSR count). The van der Waals surface area contributed by atoms with E-state index in [1.54, 1.807) is 34.1 Å². The summed E-state index contributed by atoms with van der Waals surface area (Å²) in [5.41, 5.74) is -5.64. The van der Waals surface area contributed by atoms with Crippen LogP contribution in [0.15, 0.2) is 48.6 Å². The molecule has 328 valence electrons. The molecule has 5 saturated heterocycles. The molecule has 4 spiro atoms. The summed E-state index contributed by atoms with van der Waals surface area (Å²) in [7, 11) is 8.71. The van der Waals surface area contributed by atoms with Gasteiger partial charge < -0.3 is 37.9 Å². The molecule has 9 aliphatic heterocycles. The predicted molar refractivity (Wildman–Crippen MR) is 221 cm³/mol. The Balaban J connectivity index is 1.25. The highest BCUT2D eigenvalue weighted by Crippen LogP contribution is 2.71. The predicted octanol–water partition coefficient (Wildman–Crippen LogP) is 5.19. The molecule has 2 amide bonds. The first-order valence-electron chi connectivity index (χ1n) is 21.5. The van der Waals surface area contributed by atoms with Crippen molar-refractivity contribution in [3.05, 3.63) is 59.7 Å². The van der Waals surface area contributed by atoms with Crippen LogP contribution in [0.25, 0.3) is 0 Å². The molecule has 2 aromatic rings. The van der Waals surface area contributed by atoms with Gasteiger partial charge in [0.15, 0.2) is 34.2 Å². The molecule has 0 radical (unpaired) electrons. The van der Waals surface area contributed by atoms with E-state index in [0.29, 0.717) is 84.5 Å². The SMILES string of the molecule is COC(=O)N1c2cc(OC)c(OC)cc2C23CCN4CC=CC45CCC12C(C5)C(=O)OC12CCN4CC=CC45CCC1(C(C5)C(=O)O3)N(C(=O)OC)c1cc(OC)c(OC)cc12. The van der Waals surface area contributed by atoms with Gasteiger partial charge in [0.25, 0.3) is 0 Å². The molecule has 16 nitrogen and oxygen atoms in total. The van der Waals surface area contributed by atoms with Crippen LogP contribution in [0.5, 0.6) is 23.0 Å². The maximum atomic E-state index is 16.5. The largest absolute Gasteiger partial charge is 0.493 e. The Morgan fingerprint density at radius 3 is 1.32 bits per heavy atom. The Morgan fingerprint density at radius 1 is 0.565 bits per heavy atom. The van der Waals surface area contributed by atoms with Crippen LogP contribution in [0.2, 0.25) is 0 Å². The fraction of sp³-hybridized carbons (Fsp3) is 0.565. The highest BCUT2D eigenvalue weighted by atomic mass is 16.6.